The fourth-order valence-corrected chi connectivity index (χ4v) is 2.46. The molecule has 0 bridgehead atoms. The quantitative estimate of drug-likeness (QED) is 0.774. The van der Waals surface area contributed by atoms with Crippen molar-refractivity contribution in [2.75, 3.05) is 13.2 Å². The number of rotatable bonds is 7. The summed E-state index contributed by atoms with van der Waals surface area (Å²) < 4.78 is 10.9. The van der Waals surface area contributed by atoms with Crippen LogP contribution in [0.25, 0.3) is 0 Å². The number of aliphatic carboxylic acids is 1. The van der Waals surface area contributed by atoms with Crippen molar-refractivity contribution in [3.8, 4) is 11.5 Å². The number of carbonyl (C=O) groups excluding carboxylic acids is 2. The largest absolute Gasteiger partial charge is 0.486 e. The van der Waals surface area contributed by atoms with Crippen molar-refractivity contribution in [3.05, 3.63) is 23.8 Å². The van der Waals surface area contributed by atoms with Crippen LogP contribution >= 0.6 is 0 Å². The maximum atomic E-state index is 11.8. The van der Waals surface area contributed by atoms with E-state index < -0.39 is 11.9 Å². The van der Waals surface area contributed by atoms with Gasteiger partial charge in [-0.25, -0.2) is 0 Å². The highest BCUT2D eigenvalue weighted by Gasteiger charge is 2.22. The molecule has 0 saturated heterocycles. The number of carboxylic acids is 1. The Morgan fingerprint density at radius 3 is 2.45 bits per heavy atom. The molecule has 1 aliphatic rings. The van der Waals surface area contributed by atoms with Crippen molar-refractivity contribution in [3.63, 3.8) is 0 Å². The van der Waals surface area contributed by atoms with Gasteiger partial charge in [-0.1, -0.05) is 6.07 Å². The molecule has 0 spiro atoms. The molecular weight excluding hydrogens is 288 g/mol. The zero-order chi connectivity index (χ0) is 16.1. The summed E-state index contributed by atoms with van der Waals surface area (Å²) in [4.78, 5) is 33.9. The van der Waals surface area contributed by atoms with Crippen LogP contribution in [0.4, 0.5) is 0 Å². The molecule has 1 heterocycles. The lowest BCUT2D eigenvalue weighted by Gasteiger charge is -2.21. The maximum Gasteiger partial charge on any atom is 0.303 e. The second kappa shape index (κ2) is 7.06. The predicted octanol–water partition coefficient (Wildman–Crippen LogP) is 1.95. The van der Waals surface area contributed by atoms with Crippen LogP contribution in [0.2, 0.25) is 0 Å². The van der Waals surface area contributed by atoms with Gasteiger partial charge in [-0.3, -0.25) is 14.4 Å². The molecule has 1 aromatic carbocycles. The van der Waals surface area contributed by atoms with Gasteiger partial charge < -0.3 is 14.6 Å². The highest BCUT2D eigenvalue weighted by Crippen LogP contribution is 2.35. The van der Waals surface area contributed by atoms with E-state index in [9.17, 15) is 14.4 Å². The number of Topliss-reactive ketones (excluding diaryl/α,β-unsaturated/α-hetero) is 2. The molecule has 1 unspecified atom stereocenters. The highest BCUT2D eigenvalue weighted by molar-refractivity contribution is 5.98. The molecule has 118 valence electrons. The monoisotopic (exact) mass is 306 g/mol. The summed E-state index contributed by atoms with van der Waals surface area (Å²) in [6.45, 7) is 2.25. The molecule has 0 amide bonds. The van der Waals surface area contributed by atoms with E-state index in [2.05, 4.69) is 0 Å². The number of fused-ring (bicyclic) bond motifs is 1. The summed E-state index contributed by atoms with van der Waals surface area (Å²) in [6.07, 6.45) is -0.324. The van der Waals surface area contributed by atoms with Gasteiger partial charge in [-0.15, -0.1) is 0 Å². The van der Waals surface area contributed by atoms with E-state index >= 15 is 0 Å². The number of ketones is 2. The maximum absolute atomic E-state index is 11.8. The van der Waals surface area contributed by atoms with Crippen LogP contribution in [0.5, 0.6) is 11.5 Å². The van der Waals surface area contributed by atoms with E-state index in [1.54, 1.807) is 18.2 Å². The Labute approximate surface area is 128 Å². The Bertz CT molecular complexity index is 592. The summed E-state index contributed by atoms with van der Waals surface area (Å²) in [5.41, 5.74) is 0.698. The second-order valence-electron chi connectivity index (χ2n) is 5.32. The lowest BCUT2D eigenvalue weighted by Crippen LogP contribution is -2.17. The minimum atomic E-state index is -0.990. The minimum Gasteiger partial charge on any atom is -0.486 e. The Balaban J connectivity index is 2.19. The number of hydrogen-bond donors (Lipinski definition) is 1. The van der Waals surface area contributed by atoms with Gasteiger partial charge >= 0.3 is 5.97 Å². The Hall–Kier alpha value is -2.37. The van der Waals surface area contributed by atoms with Gasteiger partial charge in [0.05, 0.1) is 12.8 Å². The Morgan fingerprint density at radius 1 is 1.14 bits per heavy atom. The van der Waals surface area contributed by atoms with Gasteiger partial charge in [0.15, 0.2) is 11.5 Å². The minimum absolute atomic E-state index is 0.0194. The first-order valence-corrected chi connectivity index (χ1v) is 7.08. The molecule has 0 aromatic heterocycles. The second-order valence-corrected chi connectivity index (χ2v) is 5.32. The molecule has 0 radical (unpaired) electrons. The molecule has 6 heteroatoms. The molecule has 0 saturated carbocycles. The van der Waals surface area contributed by atoms with Gasteiger partial charge in [-0.2, -0.15) is 0 Å². The van der Waals surface area contributed by atoms with Gasteiger partial charge in [0, 0.05) is 12.3 Å². The SMILES string of the molecule is CC(=O)CC(=O)CC(CC(=O)O)c1ccc2c(c1)OCCO2. The predicted molar refractivity (Wildman–Crippen MR) is 77.3 cm³/mol. The molecule has 1 atom stereocenters. The summed E-state index contributed by atoms with van der Waals surface area (Å²) >= 11 is 0. The van der Waals surface area contributed by atoms with Gasteiger partial charge in [-0.05, 0) is 24.6 Å². The topological polar surface area (TPSA) is 89.9 Å². The molecule has 6 nitrogen and oxygen atoms in total. The van der Waals surface area contributed by atoms with Crippen molar-refractivity contribution >= 4 is 17.5 Å². The third-order valence-electron chi connectivity index (χ3n) is 3.38. The molecule has 2 rings (SSSR count). The lowest BCUT2D eigenvalue weighted by molar-refractivity contribution is -0.137. The van der Waals surface area contributed by atoms with Crippen LogP contribution in [-0.2, 0) is 14.4 Å². The first kappa shape index (κ1) is 16.0. The van der Waals surface area contributed by atoms with Gasteiger partial charge in [0.1, 0.15) is 24.8 Å². The van der Waals surface area contributed by atoms with Crippen LogP contribution in [0.15, 0.2) is 18.2 Å². The fourth-order valence-electron chi connectivity index (χ4n) is 2.46. The fraction of sp³-hybridized carbons (Fsp3) is 0.438. The van der Waals surface area contributed by atoms with E-state index in [1.165, 1.54) is 6.92 Å². The number of hydrogen-bond acceptors (Lipinski definition) is 5. The summed E-state index contributed by atoms with van der Waals surface area (Å²) in [7, 11) is 0. The third-order valence-corrected chi connectivity index (χ3v) is 3.38. The smallest absolute Gasteiger partial charge is 0.303 e. The van der Waals surface area contributed by atoms with Crippen molar-refractivity contribution < 1.29 is 29.0 Å². The van der Waals surface area contributed by atoms with E-state index in [-0.39, 0.29) is 30.8 Å². The van der Waals surface area contributed by atoms with Gasteiger partial charge in [0.25, 0.3) is 0 Å². The Kier molecular flexibility index (Phi) is 5.14. The number of benzene rings is 1. The van der Waals surface area contributed by atoms with Crippen LogP contribution in [0.1, 0.15) is 37.7 Å². The van der Waals surface area contributed by atoms with Gasteiger partial charge in [0.2, 0.25) is 0 Å². The molecule has 1 aromatic rings. The van der Waals surface area contributed by atoms with Crippen LogP contribution < -0.4 is 9.47 Å². The summed E-state index contributed by atoms with van der Waals surface area (Å²) in [5.74, 6) is -0.789. The van der Waals surface area contributed by atoms with E-state index in [1.807, 2.05) is 0 Å². The Morgan fingerprint density at radius 2 is 1.82 bits per heavy atom. The molecule has 1 aliphatic heterocycles. The lowest BCUT2D eigenvalue weighted by atomic mass is 9.89. The van der Waals surface area contributed by atoms with Crippen LogP contribution in [0, 0.1) is 0 Å². The number of carboxylic acid groups (broad SMARTS) is 1. The highest BCUT2D eigenvalue weighted by atomic mass is 16.6. The average Bonchev–Trinajstić information content (AvgIpc) is 2.44. The standard InChI is InChI=1S/C16H18O6/c1-10(17)6-13(18)7-12(9-16(19)20)11-2-3-14-15(8-11)22-5-4-21-14/h2-3,8,12H,4-7,9H2,1H3,(H,19,20). The zero-order valence-corrected chi connectivity index (χ0v) is 12.3. The van der Waals surface area contributed by atoms with Crippen LogP contribution in [-0.4, -0.2) is 35.9 Å². The van der Waals surface area contributed by atoms with E-state index in [0.717, 1.165) is 0 Å². The zero-order valence-electron chi connectivity index (χ0n) is 12.3. The average molecular weight is 306 g/mol. The van der Waals surface area contributed by atoms with Crippen LogP contribution in [0.3, 0.4) is 0 Å². The number of ether oxygens (including phenoxy) is 2. The van der Waals surface area contributed by atoms with Crippen molar-refractivity contribution in [2.24, 2.45) is 0 Å². The molecule has 0 fully saturated rings. The van der Waals surface area contributed by atoms with E-state index in [0.29, 0.717) is 30.3 Å². The third kappa shape index (κ3) is 4.31. The molecule has 1 N–H and O–H groups in total. The van der Waals surface area contributed by atoms with E-state index in [4.69, 9.17) is 14.6 Å². The number of carbonyl (C=O) groups is 3. The van der Waals surface area contributed by atoms with Crippen molar-refractivity contribution in [2.45, 2.75) is 32.1 Å². The summed E-state index contributed by atoms with van der Waals surface area (Å²) in [5, 5.41) is 9.04. The molecule has 0 aliphatic carbocycles. The summed E-state index contributed by atoms with van der Waals surface area (Å²) in [6, 6.07) is 5.17. The first-order valence-electron chi connectivity index (χ1n) is 7.08. The van der Waals surface area contributed by atoms with Crippen molar-refractivity contribution in [1.29, 1.82) is 0 Å². The molecular formula is C16H18O6. The normalized spacial score (nSPS) is 14.2. The van der Waals surface area contributed by atoms with Crippen molar-refractivity contribution in [1.82, 2.24) is 0 Å². The molecule has 22 heavy (non-hydrogen) atoms. The first-order chi connectivity index (χ1) is 10.5.